The van der Waals surface area contributed by atoms with Crippen LogP contribution in [0.4, 0.5) is 0 Å². The van der Waals surface area contributed by atoms with E-state index in [2.05, 4.69) is 40.3 Å². The summed E-state index contributed by atoms with van der Waals surface area (Å²) in [4.78, 5) is 28.6. The number of fused-ring (bicyclic) bond motifs is 4. The molecule has 0 aromatic heterocycles. The number of rotatable bonds is 15. The summed E-state index contributed by atoms with van der Waals surface area (Å²) in [6.45, 7) is 16.4. The van der Waals surface area contributed by atoms with Crippen LogP contribution < -0.4 is 0 Å². The molecule has 0 bridgehead atoms. The molecule has 10 N–H and O–H groups in total. The molecule has 432 valence electrons. The molecule has 4 aliphatic carbocycles. The zero-order valence-corrected chi connectivity index (χ0v) is 44.9. The minimum Gasteiger partial charge on any atom is -0.458 e. The van der Waals surface area contributed by atoms with Crippen LogP contribution in [0.25, 0.3) is 0 Å². The topological polar surface area (TPSA) is 329 Å². The number of aliphatic hydroxyl groups is 10. The predicted octanol–water partition coefficient (Wildman–Crippen LogP) is -0.209. The molecule has 0 amide bonds. The van der Waals surface area contributed by atoms with E-state index < -0.39 is 164 Å². The number of esters is 1. The number of aliphatic hydroxyl groups excluding tert-OH is 10. The minimum absolute atomic E-state index is 0.00811. The Labute approximate surface area is 443 Å². The summed E-state index contributed by atoms with van der Waals surface area (Å²) in [5.74, 6) is -0.597. The van der Waals surface area contributed by atoms with Crippen LogP contribution in [0.1, 0.15) is 106 Å². The van der Waals surface area contributed by atoms with Gasteiger partial charge in [-0.05, 0) is 100 Å². The average molecular weight is 1090 g/mol. The van der Waals surface area contributed by atoms with E-state index in [-0.39, 0.29) is 35.6 Å². The highest BCUT2D eigenvalue weighted by Gasteiger charge is 2.79. The van der Waals surface area contributed by atoms with Crippen molar-refractivity contribution in [1.29, 1.82) is 0 Å². The van der Waals surface area contributed by atoms with Gasteiger partial charge in [-0.15, -0.1) is 6.58 Å². The summed E-state index contributed by atoms with van der Waals surface area (Å²) < 4.78 is 59.7. The Hall–Kier alpha value is -2.14. The quantitative estimate of drug-likeness (QED) is 0.0576. The molecule has 0 aromatic rings. The average Bonchev–Trinajstić information content (AvgIpc) is 4.01. The molecule has 5 saturated heterocycles. The smallest absolute Gasteiger partial charge is 0.314 e. The Bertz CT molecular complexity index is 2160. The zero-order chi connectivity index (χ0) is 55.4. The van der Waals surface area contributed by atoms with Crippen LogP contribution in [-0.2, 0) is 57.0 Å². The van der Waals surface area contributed by atoms with E-state index in [0.29, 0.717) is 32.1 Å². The molecule has 3 saturated carbocycles. The molecule has 1 spiro atoms. The van der Waals surface area contributed by atoms with Gasteiger partial charge in [0.05, 0.1) is 43.4 Å². The first-order valence-electron chi connectivity index (χ1n) is 27.2. The molecule has 22 nitrogen and oxygen atoms in total. The Morgan fingerprint density at radius 3 is 1.96 bits per heavy atom. The lowest BCUT2D eigenvalue weighted by molar-refractivity contribution is -0.389. The largest absolute Gasteiger partial charge is 0.458 e. The summed E-state index contributed by atoms with van der Waals surface area (Å²) in [7, 11) is 1.21. The molecule has 0 radical (unpaired) electrons. The van der Waals surface area contributed by atoms with Gasteiger partial charge in [-0.3, -0.25) is 9.59 Å². The molecular formula is C54H84O22. The van der Waals surface area contributed by atoms with Gasteiger partial charge in [0.25, 0.3) is 0 Å². The molecule has 22 heteroatoms. The van der Waals surface area contributed by atoms with Crippen LogP contribution in [0.3, 0.4) is 0 Å². The lowest BCUT2D eigenvalue weighted by Gasteiger charge is -2.63. The van der Waals surface area contributed by atoms with Crippen molar-refractivity contribution < 1.29 is 108 Å². The standard InChI is InChI=1S/C54H84O22/c1-23(2)11-10-16-53(8)44-27(57)19-52(7)26-12-13-31-50(4,5)32(15-17-51(31,6)25(26)14-18-54(44,52)49(66)76-53)72-48-43(33(59)28(58)22-68-48)75-45-37(63)36(62)40(24(3)69-45)73-47-39(65)42(35(61)30(21-56)71-47)74-46-38(64)41(67-9)34(60)29(20-55)70-46/h14,24,26,28-48,55-56,58-65H,1,10-13,15-22H2,2-9H3/t24-,26-,28-,29-,30-,31+,32+,33+,34-,35-,36-,37-,38-,39-,40-,41+,42+,43-,44-,45+,46+,47+,48+,51-,52+,53+,54-/m1/s1. The third-order valence-corrected chi connectivity index (χ3v) is 19.9. The second-order valence-electron chi connectivity index (χ2n) is 24.8. The first-order valence-corrected chi connectivity index (χ1v) is 27.2. The lowest BCUT2D eigenvalue weighted by atomic mass is 9.41. The van der Waals surface area contributed by atoms with Gasteiger partial charge < -0.3 is 98.4 Å². The molecule has 9 rings (SSSR count). The molecule has 5 aliphatic heterocycles. The number of hydrogen-bond acceptors (Lipinski definition) is 22. The minimum atomic E-state index is -1.91. The maximum absolute atomic E-state index is 14.3. The van der Waals surface area contributed by atoms with Crippen LogP contribution >= 0.6 is 0 Å². The Kier molecular flexibility index (Phi) is 16.7. The van der Waals surface area contributed by atoms with E-state index in [1.807, 2.05) is 13.8 Å². The fourth-order valence-electron chi connectivity index (χ4n) is 15.8. The zero-order valence-electron chi connectivity index (χ0n) is 44.9. The number of carbonyl (C=O) groups is 2. The SMILES string of the molecule is C=C(C)CCC[C@]1(C)OC(=O)[C@]23CC=C4[C@@H](CC[C@H]5C(C)(C)[C@@H](O[C@@H]6OC[C@@H](O)[C@H](O)[C@H]6O[C@@H]6O[C@H](C)[C@@H](O[C@@H]7O[C@H](CO)[C@@H](O)[C@H](O[C@@H]8O[C@H](CO)[C@@H](O)[C@H](OC)[C@H]8O)[C@H]7O)[C@H](O)[C@H]6O)CC[C@]45C)[C@]2(C)CC(=O)[C@@H]31. The summed E-state index contributed by atoms with van der Waals surface area (Å²) in [5, 5.41) is 109. The third-order valence-electron chi connectivity index (χ3n) is 19.9. The summed E-state index contributed by atoms with van der Waals surface area (Å²) in [6, 6.07) is 0. The molecule has 0 unspecified atom stereocenters. The molecule has 8 fully saturated rings. The second-order valence-corrected chi connectivity index (χ2v) is 24.8. The number of Topliss-reactive ketones (excluding diaryl/α,β-unsaturated/α-hetero) is 1. The predicted molar refractivity (Wildman–Crippen MR) is 261 cm³/mol. The Morgan fingerprint density at radius 2 is 1.33 bits per heavy atom. The van der Waals surface area contributed by atoms with Crippen molar-refractivity contribution in [3.8, 4) is 0 Å². The van der Waals surface area contributed by atoms with Gasteiger partial charge >= 0.3 is 5.97 Å². The van der Waals surface area contributed by atoms with E-state index in [9.17, 15) is 60.7 Å². The van der Waals surface area contributed by atoms with Gasteiger partial charge in [0.15, 0.2) is 25.2 Å². The van der Waals surface area contributed by atoms with Crippen molar-refractivity contribution in [2.24, 2.45) is 39.4 Å². The number of carbonyl (C=O) groups excluding carboxylic acids is 2. The van der Waals surface area contributed by atoms with Gasteiger partial charge in [0, 0.05) is 13.5 Å². The molecule has 5 heterocycles. The summed E-state index contributed by atoms with van der Waals surface area (Å²) in [5.41, 5.74) is -0.923. The molecule has 76 heavy (non-hydrogen) atoms. The van der Waals surface area contributed by atoms with Crippen LogP contribution in [0.2, 0.25) is 0 Å². The highest BCUT2D eigenvalue weighted by molar-refractivity contribution is 5.99. The van der Waals surface area contributed by atoms with Gasteiger partial charge in [0.1, 0.15) is 96.8 Å². The van der Waals surface area contributed by atoms with Crippen LogP contribution in [0, 0.1) is 39.4 Å². The van der Waals surface area contributed by atoms with E-state index in [0.717, 1.165) is 31.3 Å². The molecule has 9 aliphatic rings. The Morgan fingerprint density at radius 1 is 0.724 bits per heavy atom. The van der Waals surface area contributed by atoms with Crippen molar-refractivity contribution in [1.82, 2.24) is 0 Å². The molecule has 27 atom stereocenters. The summed E-state index contributed by atoms with van der Waals surface area (Å²) in [6.07, 6.45) is -22.2. The van der Waals surface area contributed by atoms with E-state index in [4.69, 9.17) is 47.4 Å². The highest BCUT2D eigenvalue weighted by atomic mass is 16.8. The maximum atomic E-state index is 14.3. The van der Waals surface area contributed by atoms with E-state index in [1.54, 1.807) is 0 Å². The number of ether oxygens (including phenoxy) is 10. The van der Waals surface area contributed by atoms with Crippen LogP contribution in [-0.4, -0.2) is 218 Å². The van der Waals surface area contributed by atoms with E-state index in [1.165, 1.54) is 19.6 Å². The third kappa shape index (κ3) is 9.41. The van der Waals surface area contributed by atoms with Crippen molar-refractivity contribution in [3.63, 3.8) is 0 Å². The van der Waals surface area contributed by atoms with Crippen LogP contribution in [0.15, 0.2) is 23.8 Å². The molecular weight excluding hydrogens is 1000 g/mol. The van der Waals surface area contributed by atoms with Crippen molar-refractivity contribution in [2.45, 2.75) is 235 Å². The number of methoxy groups -OCH3 is 1. The number of cyclic esters (lactones) is 1. The summed E-state index contributed by atoms with van der Waals surface area (Å²) >= 11 is 0. The van der Waals surface area contributed by atoms with Crippen molar-refractivity contribution in [3.05, 3.63) is 23.8 Å². The van der Waals surface area contributed by atoms with Crippen LogP contribution in [0.5, 0.6) is 0 Å². The normalized spacial score (nSPS) is 52.0. The first-order chi connectivity index (χ1) is 35.7. The number of hydrogen-bond donors (Lipinski definition) is 10. The number of ketones is 1. The highest BCUT2D eigenvalue weighted by Crippen LogP contribution is 2.75. The van der Waals surface area contributed by atoms with Gasteiger partial charge in [-0.1, -0.05) is 44.9 Å². The Balaban J connectivity index is 0.870. The van der Waals surface area contributed by atoms with E-state index >= 15 is 0 Å². The fourth-order valence-corrected chi connectivity index (χ4v) is 15.8. The number of allylic oxidation sites excluding steroid dienone is 3. The fraction of sp³-hybridized carbons (Fsp3) is 0.889. The molecule has 0 aromatic carbocycles. The lowest BCUT2D eigenvalue weighted by Crippen LogP contribution is -2.67. The van der Waals surface area contributed by atoms with Gasteiger partial charge in [-0.2, -0.15) is 0 Å². The monoisotopic (exact) mass is 1080 g/mol. The first kappa shape index (κ1) is 58.5. The maximum Gasteiger partial charge on any atom is 0.314 e. The van der Waals surface area contributed by atoms with Gasteiger partial charge in [-0.25, -0.2) is 0 Å². The van der Waals surface area contributed by atoms with Crippen molar-refractivity contribution in [2.75, 3.05) is 26.9 Å². The van der Waals surface area contributed by atoms with Gasteiger partial charge in [0.2, 0.25) is 0 Å². The second kappa shape index (κ2) is 21.6. The van der Waals surface area contributed by atoms with Crippen molar-refractivity contribution >= 4 is 11.8 Å².